The van der Waals surface area contributed by atoms with Crippen LogP contribution in [0.3, 0.4) is 0 Å². The van der Waals surface area contributed by atoms with Gasteiger partial charge in [-0.1, -0.05) is 29.5 Å². The monoisotopic (exact) mass is 419 g/mol. The first-order valence-electron chi connectivity index (χ1n) is 10.7. The van der Waals surface area contributed by atoms with Crippen LogP contribution in [0.5, 0.6) is 0 Å². The highest BCUT2D eigenvalue weighted by atomic mass is 16.2. The lowest BCUT2D eigenvalue weighted by atomic mass is 10.00. The number of likely N-dealkylation sites (tertiary alicyclic amines) is 1. The van der Waals surface area contributed by atoms with Crippen LogP contribution in [0.1, 0.15) is 50.6 Å². The van der Waals surface area contributed by atoms with Crippen LogP contribution in [0.25, 0.3) is 0 Å². The molecule has 5 rings (SSSR count). The highest BCUT2D eigenvalue weighted by Crippen LogP contribution is 2.22. The van der Waals surface area contributed by atoms with E-state index in [0.717, 1.165) is 25.0 Å². The lowest BCUT2D eigenvalue weighted by molar-refractivity contribution is 0.0710. The molecule has 0 unspecified atom stereocenters. The lowest BCUT2D eigenvalue weighted by Gasteiger charge is -2.28. The average Bonchev–Trinajstić information content (AvgIpc) is 3.54. The van der Waals surface area contributed by atoms with Crippen molar-refractivity contribution >= 4 is 11.8 Å². The van der Waals surface area contributed by atoms with Gasteiger partial charge >= 0.3 is 0 Å². The van der Waals surface area contributed by atoms with Crippen molar-refractivity contribution in [2.45, 2.75) is 45.3 Å². The Morgan fingerprint density at radius 2 is 1.97 bits per heavy atom. The van der Waals surface area contributed by atoms with Crippen LogP contribution >= 0.6 is 0 Å². The van der Waals surface area contributed by atoms with Crippen LogP contribution in [0, 0.1) is 6.92 Å². The number of aryl methyl sites for hydroxylation is 1. The number of carbonyl (C=O) groups excluding carboxylic acids is 2. The van der Waals surface area contributed by atoms with Crippen molar-refractivity contribution in [3.63, 3.8) is 0 Å². The van der Waals surface area contributed by atoms with Crippen LogP contribution in [-0.2, 0) is 19.5 Å². The number of carbonyl (C=O) groups is 2. The summed E-state index contributed by atoms with van der Waals surface area (Å²) >= 11 is 0. The summed E-state index contributed by atoms with van der Waals surface area (Å²) in [6.07, 6.45) is 4.37. The maximum Gasteiger partial charge on any atom is 0.276 e. The molecule has 0 aliphatic carbocycles. The molecule has 2 aromatic heterocycles. The molecule has 1 fully saturated rings. The molecule has 2 aliphatic rings. The SMILES string of the molecule is Cc1cc(C(=O)N2CCC[C@H]2Cn2cc(C(=O)N3CCc4ccccc4C3)nn2)n[nH]1. The van der Waals surface area contributed by atoms with E-state index in [2.05, 4.69) is 32.6 Å². The molecule has 1 N–H and O–H groups in total. The molecule has 1 aromatic carbocycles. The molecule has 31 heavy (non-hydrogen) atoms. The Bertz CT molecular complexity index is 1120. The Hall–Kier alpha value is -3.49. The third-order valence-corrected chi connectivity index (χ3v) is 6.14. The van der Waals surface area contributed by atoms with Gasteiger partial charge in [-0.2, -0.15) is 5.10 Å². The van der Waals surface area contributed by atoms with Crippen LogP contribution in [0.15, 0.2) is 36.5 Å². The maximum atomic E-state index is 13.0. The zero-order valence-corrected chi connectivity index (χ0v) is 17.5. The summed E-state index contributed by atoms with van der Waals surface area (Å²) in [5.74, 6) is -0.178. The summed E-state index contributed by atoms with van der Waals surface area (Å²) in [5.41, 5.74) is 4.12. The fourth-order valence-electron chi connectivity index (χ4n) is 4.50. The fourth-order valence-corrected chi connectivity index (χ4v) is 4.50. The summed E-state index contributed by atoms with van der Waals surface area (Å²) in [5, 5.41) is 15.2. The number of H-pyrrole nitrogens is 1. The van der Waals surface area contributed by atoms with Crippen LogP contribution < -0.4 is 0 Å². The molecule has 3 aromatic rings. The number of hydrogen-bond donors (Lipinski definition) is 1. The van der Waals surface area contributed by atoms with Crippen molar-refractivity contribution in [1.82, 2.24) is 35.0 Å². The number of fused-ring (bicyclic) bond motifs is 1. The predicted molar refractivity (Wildman–Crippen MR) is 112 cm³/mol. The van der Waals surface area contributed by atoms with Gasteiger partial charge in [-0.3, -0.25) is 14.7 Å². The third kappa shape index (κ3) is 3.83. The van der Waals surface area contributed by atoms with Gasteiger partial charge in [-0.15, -0.1) is 5.10 Å². The lowest BCUT2D eigenvalue weighted by Crippen LogP contribution is -2.38. The summed E-state index contributed by atoms with van der Waals surface area (Å²) in [6, 6.07) is 10.00. The van der Waals surface area contributed by atoms with Gasteiger partial charge in [0.15, 0.2) is 5.69 Å². The van der Waals surface area contributed by atoms with Gasteiger partial charge in [-0.25, -0.2) is 4.68 Å². The largest absolute Gasteiger partial charge is 0.333 e. The second-order valence-corrected chi connectivity index (χ2v) is 8.30. The molecule has 0 bridgehead atoms. The van der Waals surface area contributed by atoms with Gasteiger partial charge in [-0.05, 0) is 43.4 Å². The van der Waals surface area contributed by atoms with E-state index in [1.165, 1.54) is 11.1 Å². The Balaban J connectivity index is 1.25. The van der Waals surface area contributed by atoms with Crippen molar-refractivity contribution < 1.29 is 9.59 Å². The Kier molecular flexibility index (Phi) is 5.01. The van der Waals surface area contributed by atoms with Crippen molar-refractivity contribution in [2.24, 2.45) is 0 Å². The van der Waals surface area contributed by atoms with E-state index in [4.69, 9.17) is 0 Å². The molecule has 1 atom stereocenters. The molecule has 0 radical (unpaired) electrons. The number of rotatable bonds is 4. The molecule has 9 heteroatoms. The molecule has 0 spiro atoms. The molecule has 160 valence electrons. The number of amides is 2. The van der Waals surface area contributed by atoms with Crippen LogP contribution in [-0.4, -0.2) is 65.9 Å². The maximum absolute atomic E-state index is 13.0. The van der Waals surface area contributed by atoms with Crippen LogP contribution in [0.4, 0.5) is 0 Å². The molecule has 1 saturated heterocycles. The molecule has 2 amide bonds. The van der Waals surface area contributed by atoms with Crippen molar-refractivity contribution in [2.75, 3.05) is 13.1 Å². The number of nitrogens with zero attached hydrogens (tertiary/aromatic N) is 6. The summed E-state index contributed by atoms with van der Waals surface area (Å²) < 4.78 is 1.68. The smallest absolute Gasteiger partial charge is 0.276 e. The summed E-state index contributed by atoms with van der Waals surface area (Å²) in [4.78, 5) is 29.4. The second-order valence-electron chi connectivity index (χ2n) is 8.30. The quantitative estimate of drug-likeness (QED) is 0.695. The first-order chi connectivity index (χ1) is 15.1. The second kappa shape index (κ2) is 7.98. The fraction of sp³-hybridized carbons (Fsp3) is 0.409. The molecular weight excluding hydrogens is 394 g/mol. The standard InChI is InChI=1S/C22H25N7O2/c1-15-11-19(24-23-15)22(31)29-9-4-7-18(29)13-28-14-20(25-26-28)21(30)27-10-8-16-5-2-3-6-17(16)12-27/h2-3,5-6,11,14,18H,4,7-10,12-13H2,1H3,(H,23,24)/t18-/m0/s1. The van der Waals surface area contributed by atoms with E-state index in [-0.39, 0.29) is 17.9 Å². The van der Waals surface area contributed by atoms with E-state index < -0.39 is 0 Å². The first-order valence-corrected chi connectivity index (χ1v) is 10.7. The van der Waals surface area contributed by atoms with E-state index in [9.17, 15) is 9.59 Å². The van der Waals surface area contributed by atoms with E-state index in [1.54, 1.807) is 16.9 Å². The Labute approximate surface area is 180 Å². The number of benzene rings is 1. The molecular formula is C22H25N7O2. The van der Waals surface area contributed by atoms with Gasteiger partial charge in [0.2, 0.25) is 0 Å². The summed E-state index contributed by atoms with van der Waals surface area (Å²) in [6.45, 7) is 4.36. The predicted octanol–water partition coefficient (Wildman–Crippen LogP) is 1.81. The minimum atomic E-state index is -0.105. The van der Waals surface area contributed by atoms with Gasteiger partial charge in [0.25, 0.3) is 11.8 Å². The molecule has 4 heterocycles. The van der Waals surface area contributed by atoms with E-state index in [0.29, 0.717) is 37.6 Å². The Morgan fingerprint density at radius 1 is 1.13 bits per heavy atom. The summed E-state index contributed by atoms with van der Waals surface area (Å²) in [7, 11) is 0. The normalized spacial score (nSPS) is 18.3. The number of aromatic amines is 1. The zero-order valence-electron chi connectivity index (χ0n) is 17.5. The van der Waals surface area contributed by atoms with Crippen molar-refractivity contribution in [1.29, 1.82) is 0 Å². The number of aromatic nitrogens is 5. The molecule has 9 nitrogen and oxygen atoms in total. The van der Waals surface area contributed by atoms with Crippen molar-refractivity contribution in [3.8, 4) is 0 Å². The minimum absolute atomic E-state index is 0.0102. The van der Waals surface area contributed by atoms with Gasteiger partial charge in [0.1, 0.15) is 5.69 Å². The van der Waals surface area contributed by atoms with Crippen molar-refractivity contribution in [3.05, 3.63) is 64.7 Å². The Morgan fingerprint density at radius 3 is 2.77 bits per heavy atom. The van der Waals surface area contributed by atoms with Gasteiger partial charge in [0, 0.05) is 25.3 Å². The number of hydrogen-bond acceptors (Lipinski definition) is 5. The van der Waals surface area contributed by atoms with Gasteiger partial charge < -0.3 is 9.80 Å². The third-order valence-electron chi connectivity index (χ3n) is 6.14. The molecule has 0 saturated carbocycles. The van der Waals surface area contributed by atoms with E-state index in [1.807, 2.05) is 28.9 Å². The zero-order chi connectivity index (χ0) is 21.4. The first kappa shape index (κ1) is 19.5. The van der Waals surface area contributed by atoms with Gasteiger partial charge in [0.05, 0.1) is 18.8 Å². The highest BCUT2D eigenvalue weighted by molar-refractivity contribution is 5.93. The molecule has 2 aliphatic heterocycles. The van der Waals surface area contributed by atoms with Crippen LogP contribution in [0.2, 0.25) is 0 Å². The average molecular weight is 419 g/mol. The van der Waals surface area contributed by atoms with E-state index >= 15 is 0 Å². The minimum Gasteiger partial charge on any atom is -0.333 e. The highest BCUT2D eigenvalue weighted by Gasteiger charge is 2.31. The number of nitrogens with one attached hydrogen (secondary N) is 1. The topological polar surface area (TPSA) is 100 Å².